The summed E-state index contributed by atoms with van der Waals surface area (Å²) in [5, 5.41) is 12.4. The first-order valence-electron chi connectivity index (χ1n) is 17.0. The van der Waals surface area contributed by atoms with Crippen molar-refractivity contribution in [2.24, 2.45) is 11.8 Å². The third-order valence-electron chi connectivity index (χ3n) is 9.55. The molecule has 1 aromatic rings. The predicted molar refractivity (Wildman–Crippen MR) is 184 cm³/mol. The molecule has 0 saturated carbocycles. The molecule has 3 aliphatic rings. The maximum absolute atomic E-state index is 14.4. The highest BCUT2D eigenvalue weighted by atomic mass is 79.9. The first-order valence-corrected chi connectivity index (χ1v) is 17.9. The van der Waals surface area contributed by atoms with Crippen molar-refractivity contribution >= 4 is 39.6 Å². The molecular formula is C36H50BrN3O8. The van der Waals surface area contributed by atoms with Gasteiger partial charge in [-0.1, -0.05) is 71.8 Å². The van der Waals surface area contributed by atoms with Gasteiger partial charge in [0.1, 0.15) is 17.7 Å². The fraction of sp³-hybridized carbons (Fsp3) is 0.611. The normalized spacial score (nSPS) is 26.9. The highest BCUT2D eigenvalue weighted by Crippen LogP contribution is 2.60. The van der Waals surface area contributed by atoms with Crippen molar-refractivity contribution in [3.8, 4) is 0 Å². The summed E-state index contributed by atoms with van der Waals surface area (Å²) in [6.45, 7) is 10.7. The van der Waals surface area contributed by atoms with Crippen LogP contribution in [0.3, 0.4) is 0 Å². The topological polar surface area (TPSA) is 135 Å². The Morgan fingerprint density at radius 2 is 1.96 bits per heavy atom. The van der Waals surface area contributed by atoms with Crippen LogP contribution in [0.1, 0.15) is 63.5 Å². The van der Waals surface area contributed by atoms with Crippen LogP contribution in [-0.4, -0.2) is 107 Å². The van der Waals surface area contributed by atoms with Gasteiger partial charge in [0.25, 0.3) is 0 Å². The SMILES string of the molecule is C=CCCC(=O)N[C@H](COC)[C@H](OC(=O)[C@@H]1[C@H]2O[C@@]3(CC2Br)[C@H](C(=O)N(CC=C)CCCC)N(CCCCO)C(=O)[C@@H]13)c1ccccc1. The Bertz CT molecular complexity index is 1300. The lowest BCUT2D eigenvalue weighted by Gasteiger charge is -2.37. The predicted octanol–water partition coefficient (Wildman–Crippen LogP) is 3.70. The van der Waals surface area contributed by atoms with Crippen molar-refractivity contribution in [2.45, 2.75) is 86.6 Å². The number of fused-ring (bicyclic) bond motifs is 1. The number of halogens is 1. The van der Waals surface area contributed by atoms with E-state index in [4.69, 9.17) is 14.2 Å². The molecule has 3 fully saturated rings. The summed E-state index contributed by atoms with van der Waals surface area (Å²) >= 11 is 3.73. The molecular weight excluding hydrogens is 682 g/mol. The van der Waals surface area contributed by atoms with Crippen LogP contribution in [0.15, 0.2) is 55.6 Å². The average Bonchev–Trinajstić information content (AvgIpc) is 3.67. The van der Waals surface area contributed by atoms with E-state index in [-0.39, 0.29) is 48.7 Å². The van der Waals surface area contributed by atoms with Gasteiger partial charge in [0, 0.05) is 44.6 Å². The third-order valence-corrected chi connectivity index (χ3v) is 10.4. The van der Waals surface area contributed by atoms with Crippen LogP contribution in [-0.2, 0) is 33.4 Å². The van der Waals surface area contributed by atoms with Crippen molar-refractivity contribution in [1.29, 1.82) is 0 Å². The number of hydrogen-bond acceptors (Lipinski definition) is 8. The van der Waals surface area contributed by atoms with Crippen molar-refractivity contribution < 1.29 is 38.5 Å². The molecule has 4 rings (SSSR count). The van der Waals surface area contributed by atoms with Crippen molar-refractivity contribution in [1.82, 2.24) is 15.1 Å². The van der Waals surface area contributed by atoms with Crippen LogP contribution in [0.2, 0.25) is 0 Å². The van der Waals surface area contributed by atoms with E-state index in [1.165, 1.54) is 7.11 Å². The third kappa shape index (κ3) is 7.87. The second-order valence-electron chi connectivity index (χ2n) is 12.8. The molecule has 11 nitrogen and oxygen atoms in total. The Morgan fingerprint density at radius 3 is 2.60 bits per heavy atom. The first-order chi connectivity index (χ1) is 23.2. The summed E-state index contributed by atoms with van der Waals surface area (Å²) in [5.74, 6) is -3.38. The minimum absolute atomic E-state index is 0.0427. The van der Waals surface area contributed by atoms with Crippen LogP contribution in [0, 0.1) is 11.8 Å². The van der Waals surface area contributed by atoms with Crippen LogP contribution >= 0.6 is 15.9 Å². The average molecular weight is 733 g/mol. The molecule has 2 bridgehead atoms. The van der Waals surface area contributed by atoms with Gasteiger partial charge in [0.05, 0.1) is 30.6 Å². The number of allylic oxidation sites excluding steroid dienone is 1. The zero-order valence-corrected chi connectivity index (χ0v) is 29.6. The molecule has 1 spiro atoms. The zero-order valence-electron chi connectivity index (χ0n) is 28.1. The number of rotatable bonds is 20. The van der Waals surface area contributed by atoms with Crippen LogP contribution in [0.25, 0.3) is 0 Å². The number of esters is 1. The Labute approximate surface area is 292 Å². The number of carbonyl (C=O) groups excluding carboxylic acids is 4. The number of alkyl halides is 1. The molecule has 264 valence electrons. The number of nitrogens with zero attached hydrogens (tertiary/aromatic N) is 2. The van der Waals surface area contributed by atoms with Gasteiger partial charge in [0.15, 0.2) is 0 Å². The summed E-state index contributed by atoms with van der Waals surface area (Å²) in [6, 6.07) is 7.44. The Morgan fingerprint density at radius 1 is 1.21 bits per heavy atom. The number of likely N-dealkylation sites (tertiary alicyclic amines) is 1. The van der Waals surface area contributed by atoms with Gasteiger partial charge in [-0.3, -0.25) is 19.2 Å². The highest BCUT2D eigenvalue weighted by molar-refractivity contribution is 9.09. The van der Waals surface area contributed by atoms with Gasteiger partial charge in [-0.05, 0) is 37.7 Å². The maximum atomic E-state index is 14.4. The largest absolute Gasteiger partial charge is 0.455 e. The van der Waals surface area contributed by atoms with E-state index in [1.54, 1.807) is 22.0 Å². The second kappa shape index (κ2) is 17.6. The smallest absolute Gasteiger partial charge is 0.313 e. The number of benzene rings is 1. The molecule has 2 N–H and O–H groups in total. The molecule has 0 radical (unpaired) electrons. The quantitative estimate of drug-likeness (QED) is 0.0898. The number of aliphatic hydroxyl groups excluding tert-OH is 1. The lowest BCUT2D eigenvalue weighted by atomic mass is 9.70. The zero-order chi connectivity index (χ0) is 34.8. The highest BCUT2D eigenvalue weighted by Gasteiger charge is 2.77. The van der Waals surface area contributed by atoms with Gasteiger partial charge in [-0.25, -0.2) is 0 Å². The molecule has 1 unspecified atom stereocenters. The molecule has 3 saturated heterocycles. The number of aliphatic hydroxyl groups is 1. The molecule has 12 heteroatoms. The Kier molecular flexibility index (Phi) is 13.8. The molecule has 0 aromatic heterocycles. The van der Waals surface area contributed by atoms with E-state index >= 15 is 0 Å². The second-order valence-corrected chi connectivity index (χ2v) is 14.0. The van der Waals surface area contributed by atoms with Crippen molar-refractivity contribution in [3.63, 3.8) is 0 Å². The van der Waals surface area contributed by atoms with E-state index in [9.17, 15) is 24.3 Å². The number of amides is 3. The van der Waals surface area contributed by atoms with Crippen molar-refractivity contribution in [3.05, 3.63) is 61.2 Å². The maximum Gasteiger partial charge on any atom is 0.313 e. The number of hydrogen-bond donors (Lipinski definition) is 2. The van der Waals surface area contributed by atoms with E-state index in [0.29, 0.717) is 44.3 Å². The summed E-state index contributed by atoms with van der Waals surface area (Å²) in [7, 11) is 1.51. The molecule has 8 atom stereocenters. The standard InChI is InChI=1S/C36H50BrN3O8/c1-5-8-17-27(42)38-26(23-46-4)30(24-15-11-10-12-16-24)47-35(45)28-29-33(43)40(20-13-14-21-41)32(36(29)22-25(37)31(28)48-36)34(44)39(18-7-3)19-9-6-2/h5,7,10-12,15-16,25-26,28-32,41H,1,3,6,8-9,13-14,17-23H2,2,4H3,(H,38,42)/t25?,26-,28+,29-,30-,31+,32+,36-/m1/s1. The van der Waals surface area contributed by atoms with Gasteiger partial charge in [-0.2, -0.15) is 0 Å². The summed E-state index contributed by atoms with van der Waals surface area (Å²) < 4.78 is 18.4. The fourth-order valence-corrected chi connectivity index (χ4v) is 8.35. The van der Waals surface area contributed by atoms with Crippen LogP contribution in [0.5, 0.6) is 0 Å². The van der Waals surface area contributed by atoms with Crippen LogP contribution < -0.4 is 5.32 Å². The van der Waals surface area contributed by atoms with E-state index in [2.05, 4.69) is 34.4 Å². The van der Waals surface area contributed by atoms with Gasteiger partial charge >= 0.3 is 5.97 Å². The van der Waals surface area contributed by atoms with Crippen LogP contribution in [0.4, 0.5) is 0 Å². The summed E-state index contributed by atoms with van der Waals surface area (Å²) in [4.78, 5) is 59.1. The van der Waals surface area contributed by atoms with E-state index < -0.39 is 47.7 Å². The molecule has 1 aromatic carbocycles. The molecule has 3 amide bonds. The Balaban J connectivity index is 1.70. The molecule has 0 aliphatic carbocycles. The number of methoxy groups -OCH3 is 1. The molecule has 3 heterocycles. The summed E-state index contributed by atoms with van der Waals surface area (Å²) in [5.41, 5.74) is -0.590. The summed E-state index contributed by atoms with van der Waals surface area (Å²) in [6.07, 6.45) is 5.38. The first kappa shape index (κ1) is 37.8. The van der Waals surface area contributed by atoms with Gasteiger partial charge < -0.3 is 34.4 Å². The number of nitrogens with one attached hydrogen (secondary N) is 1. The van der Waals surface area contributed by atoms with E-state index in [1.807, 2.05) is 37.3 Å². The lowest BCUT2D eigenvalue weighted by Crippen LogP contribution is -2.57. The number of ether oxygens (including phenoxy) is 3. The van der Waals surface area contributed by atoms with Gasteiger partial charge in [-0.15, -0.1) is 13.2 Å². The van der Waals surface area contributed by atoms with Gasteiger partial charge in [0.2, 0.25) is 17.7 Å². The number of unbranched alkanes of at least 4 members (excludes halogenated alkanes) is 2. The lowest BCUT2D eigenvalue weighted by molar-refractivity contribution is -0.163. The van der Waals surface area contributed by atoms with Crippen molar-refractivity contribution in [2.75, 3.05) is 40.0 Å². The minimum atomic E-state index is -1.24. The fourth-order valence-electron chi connectivity index (χ4n) is 7.41. The number of carbonyl (C=O) groups is 4. The minimum Gasteiger partial charge on any atom is -0.455 e. The monoisotopic (exact) mass is 731 g/mol. The Hall–Kier alpha value is -3.06. The molecule has 48 heavy (non-hydrogen) atoms. The van der Waals surface area contributed by atoms with E-state index in [0.717, 1.165) is 12.8 Å². The molecule has 3 aliphatic heterocycles.